The van der Waals surface area contributed by atoms with E-state index >= 15 is 0 Å². The molecule has 0 bridgehead atoms. The molecule has 0 saturated heterocycles. The molecule has 0 spiro atoms. The summed E-state index contributed by atoms with van der Waals surface area (Å²) in [6.07, 6.45) is 0. The van der Waals surface area contributed by atoms with Crippen LogP contribution >= 0.6 is 0 Å². The zero-order valence-corrected chi connectivity index (χ0v) is 24.9. The molecule has 7 heteroatoms. The van der Waals surface area contributed by atoms with Crippen LogP contribution in [0.5, 0.6) is 0 Å². The first-order valence-electron chi connectivity index (χ1n) is 7.64. The van der Waals surface area contributed by atoms with E-state index in [9.17, 15) is 0 Å². The minimum atomic E-state index is -1.74. The van der Waals surface area contributed by atoms with Crippen LogP contribution in [0.25, 0.3) is 0 Å². The van der Waals surface area contributed by atoms with Gasteiger partial charge in [0, 0.05) is 65.4 Å². The first kappa shape index (κ1) is 30.9. The summed E-state index contributed by atoms with van der Waals surface area (Å²) in [5.41, 5.74) is 0. The molecule has 0 atom stereocenters. The number of hydrogen-bond donors (Lipinski definition) is 0. The molecule has 0 N–H and O–H groups in total. The van der Waals surface area contributed by atoms with Crippen molar-refractivity contribution in [1.29, 1.82) is 0 Å². The van der Waals surface area contributed by atoms with Crippen molar-refractivity contribution >= 4 is 26.6 Å². The van der Waals surface area contributed by atoms with E-state index < -0.39 is 26.6 Å². The largest absolute Gasteiger partial charge is 0.437 e. The van der Waals surface area contributed by atoms with Crippen LogP contribution in [0, 0.1) is 12.1 Å². The molecule has 4 radical (unpaired) electrons. The van der Waals surface area contributed by atoms with Gasteiger partial charge in [-0.25, -0.2) is 0 Å². The Morgan fingerprint density at radius 3 is 1.00 bits per heavy atom. The van der Waals surface area contributed by atoms with Crippen molar-refractivity contribution in [3.8, 4) is 0 Å². The fourth-order valence-corrected chi connectivity index (χ4v) is 10.1. The molecule has 2 aromatic rings. The van der Waals surface area contributed by atoms with Crippen LogP contribution in [-0.2, 0) is 73.6 Å². The van der Waals surface area contributed by atoms with Crippen LogP contribution in [0.1, 0.15) is 0 Å². The number of benzene rings is 2. The van der Waals surface area contributed by atoms with Crippen LogP contribution in [0.3, 0.4) is 0 Å². The Hall–Kier alpha value is 1.22. The Morgan fingerprint density at radius 1 is 0.600 bits per heavy atom. The second-order valence-corrected chi connectivity index (χ2v) is 13.6. The number of rotatable bonds is 4. The third-order valence-corrected chi connectivity index (χ3v) is 9.31. The maximum absolute atomic E-state index is 5.79. The van der Waals surface area contributed by atoms with Gasteiger partial charge in [-0.2, -0.15) is 72.8 Å². The molecule has 2 aromatic carbocycles. The fraction of sp³-hybridized carbons (Fsp3) is 0.333. The van der Waals surface area contributed by atoms with Gasteiger partial charge in [-0.15, -0.1) is 0 Å². The summed E-state index contributed by atoms with van der Waals surface area (Å²) in [5, 5.41) is 0. The molecule has 132 valence electrons. The summed E-state index contributed by atoms with van der Waals surface area (Å²) in [4.78, 5) is 0. The van der Waals surface area contributed by atoms with Crippen LogP contribution in [0.2, 0.25) is 39.3 Å². The average Bonchev–Trinajstić information content (AvgIpc) is 2.49. The Bertz CT molecular complexity index is 375. The van der Waals surface area contributed by atoms with E-state index in [1.165, 1.54) is 0 Å². The summed E-state index contributed by atoms with van der Waals surface area (Å²) < 4.78 is 11.6. The maximum Gasteiger partial charge on any atom is 0.310 e. The van der Waals surface area contributed by atoms with E-state index in [2.05, 4.69) is 51.4 Å². The van der Waals surface area contributed by atoms with E-state index in [0.717, 1.165) is 0 Å². The Balaban J connectivity index is -0.000000296. The summed E-state index contributed by atoms with van der Waals surface area (Å²) >= 11 is 0. The molecular formula is C18H28O2Si3Y2-2. The molecule has 0 fully saturated rings. The topological polar surface area (TPSA) is 18.5 Å². The second kappa shape index (κ2) is 20.0. The summed E-state index contributed by atoms with van der Waals surface area (Å²) in [7, 11) is -2.91. The van der Waals surface area contributed by atoms with Gasteiger partial charge >= 0.3 is 8.56 Å². The average molecular weight is 538 g/mol. The van der Waals surface area contributed by atoms with Crippen molar-refractivity contribution in [3.63, 3.8) is 0 Å². The minimum Gasteiger partial charge on any atom is -0.437 e. The first-order valence-corrected chi connectivity index (χ1v) is 15.3. The van der Waals surface area contributed by atoms with Gasteiger partial charge < -0.3 is 8.23 Å². The van der Waals surface area contributed by atoms with Crippen molar-refractivity contribution in [1.82, 2.24) is 0 Å². The van der Waals surface area contributed by atoms with Crippen LogP contribution in [0.4, 0.5) is 0 Å². The van der Waals surface area contributed by atoms with Crippen LogP contribution in [-0.4, -0.2) is 26.6 Å². The zero-order chi connectivity index (χ0) is 17.6. The Kier molecular flexibility index (Phi) is 24.7. The van der Waals surface area contributed by atoms with Gasteiger partial charge in [0.2, 0.25) is 0 Å². The van der Waals surface area contributed by atoms with Gasteiger partial charge in [-0.3, -0.25) is 0 Å². The van der Waals surface area contributed by atoms with E-state index in [-0.39, 0.29) is 65.4 Å². The van der Waals surface area contributed by atoms with Crippen molar-refractivity contribution < 1.29 is 73.6 Å². The van der Waals surface area contributed by atoms with Crippen molar-refractivity contribution in [2.75, 3.05) is 0 Å². The first-order chi connectivity index (χ1) is 10.8. The van der Waals surface area contributed by atoms with Crippen molar-refractivity contribution in [2.45, 2.75) is 39.3 Å². The molecule has 2 nitrogen and oxygen atoms in total. The molecule has 0 aliphatic rings. The molecular weight excluding hydrogens is 510 g/mol. The fourth-order valence-electron chi connectivity index (χ4n) is 1.69. The van der Waals surface area contributed by atoms with Crippen LogP contribution in [0.15, 0.2) is 60.7 Å². The molecule has 0 saturated carbocycles. The molecule has 25 heavy (non-hydrogen) atoms. The summed E-state index contributed by atoms with van der Waals surface area (Å²) in [6.45, 7) is 12.9. The molecule has 0 heterocycles. The van der Waals surface area contributed by atoms with Gasteiger partial charge in [0.05, 0.1) is 0 Å². The predicted octanol–water partition coefficient (Wildman–Crippen LogP) is 5.19. The van der Waals surface area contributed by atoms with Gasteiger partial charge in [0.1, 0.15) is 0 Å². The van der Waals surface area contributed by atoms with Gasteiger partial charge in [-0.1, -0.05) is 0 Å². The van der Waals surface area contributed by atoms with E-state index in [0.29, 0.717) is 0 Å². The van der Waals surface area contributed by atoms with E-state index in [1.54, 1.807) is 0 Å². The Labute approximate surface area is 210 Å². The SMILES string of the molecule is C[Si](C)O[Si](C)(C)O[Si](C)C.[Y].[Y].[c-]1ccccc1.[c-]1ccccc1. The van der Waals surface area contributed by atoms with Crippen LogP contribution < -0.4 is 0 Å². The summed E-state index contributed by atoms with van der Waals surface area (Å²) in [5.74, 6) is 0. The van der Waals surface area contributed by atoms with Gasteiger partial charge in [0.25, 0.3) is 0 Å². The smallest absolute Gasteiger partial charge is 0.310 e. The second-order valence-electron chi connectivity index (χ2n) is 5.58. The van der Waals surface area contributed by atoms with Gasteiger partial charge in [-0.05, 0) is 39.3 Å². The van der Waals surface area contributed by atoms with Gasteiger partial charge in [0.15, 0.2) is 18.1 Å². The molecule has 0 aliphatic heterocycles. The normalized spacial score (nSPS) is 9.60. The Morgan fingerprint density at radius 2 is 0.880 bits per heavy atom. The van der Waals surface area contributed by atoms with E-state index in [1.807, 2.05) is 60.7 Å². The van der Waals surface area contributed by atoms with E-state index in [4.69, 9.17) is 8.23 Å². The standard InChI is InChI=1S/C6H18O2Si3.2C6H5.2Y/c1-9(2)7-11(5,6)8-10(3)4;2*1-2-4-6-5-3-1;;/h1-6H3;2*1-5H;;/q;2*-1;;. The monoisotopic (exact) mass is 538 g/mol. The molecule has 0 aromatic heterocycles. The summed E-state index contributed by atoms with van der Waals surface area (Å²) in [6, 6.07) is 25.0. The maximum atomic E-state index is 5.79. The zero-order valence-electron chi connectivity index (χ0n) is 16.2. The quantitative estimate of drug-likeness (QED) is 0.394. The minimum absolute atomic E-state index is 0. The van der Waals surface area contributed by atoms with Crippen molar-refractivity contribution in [2.24, 2.45) is 0 Å². The third-order valence-electron chi connectivity index (χ3n) is 2.11. The molecule has 0 amide bonds. The molecule has 2 rings (SSSR count). The molecule has 0 aliphatic carbocycles. The molecule has 0 unspecified atom stereocenters. The number of hydrogen-bond acceptors (Lipinski definition) is 2. The van der Waals surface area contributed by atoms with Crippen molar-refractivity contribution in [3.05, 3.63) is 72.8 Å². The third kappa shape index (κ3) is 25.2. The predicted molar refractivity (Wildman–Crippen MR) is 105 cm³/mol.